The Morgan fingerprint density at radius 2 is 2.26 bits per heavy atom. The van der Waals surface area contributed by atoms with E-state index in [1.165, 1.54) is 12.1 Å². The van der Waals surface area contributed by atoms with Gasteiger partial charge in [-0.25, -0.2) is 0 Å². The van der Waals surface area contributed by atoms with E-state index in [1.54, 1.807) is 19.0 Å². The van der Waals surface area contributed by atoms with Crippen LogP contribution in [0.1, 0.15) is 23.2 Å². The lowest BCUT2D eigenvalue weighted by Crippen LogP contribution is -2.37. The van der Waals surface area contributed by atoms with Gasteiger partial charge in [0, 0.05) is 31.9 Å². The largest absolute Gasteiger partial charge is 0.361 e. The number of carbonyl (C=O) groups is 1. The molecule has 2 aliphatic rings. The summed E-state index contributed by atoms with van der Waals surface area (Å²) in [5.41, 5.74) is 3.93. The molecule has 0 aromatic heterocycles. The maximum atomic E-state index is 12.0. The highest BCUT2D eigenvalue weighted by Crippen LogP contribution is 2.40. The highest BCUT2D eigenvalue weighted by molar-refractivity contribution is 5.96. The van der Waals surface area contributed by atoms with Crippen molar-refractivity contribution in [2.75, 3.05) is 30.9 Å². The molecular weight excluding hydrogens is 238 g/mol. The van der Waals surface area contributed by atoms with Crippen molar-refractivity contribution in [3.63, 3.8) is 0 Å². The predicted molar refractivity (Wildman–Crippen MR) is 77.6 cm³/mol. The maximum Gasteiger partial charge on any atom is 0.253 e. The van der Waals surface area contributed by atoms with Crippen molar-refractivity contribution in [1.82, 2.24) is 4.90 Å². The van der Waals surface area contributed by atoms with Crippen LogP contribution in [0.25, 0.3) is 0 Å². The second-order valence-corrected chi connectivity index (χ2v) is 5.43. The second kappa shape index (κ2) is 4.30. The summed E-state index contributed by atoms with van der Waals surface area (Å²) in [5.74, 6) is 0.0266. The van der Waals surface area contributed by atoms with Gasteiger partial charge in [-0.1, -0.05) is 6.58 Å². The number of hydrogen-bond donors (Lipinski definition) is 1. The summed E-state index contributed by atoms with van der Waals surface area (Å²) in [4.78, 5) is 16.0. The Labute approximate surface area is 113 Å². The van der Waals surface area contributed by atoms with E-state index in [4.69, 9.17) is 0 Å². The van der Waals surface area contributed by atoms with Crippen LogP contribution in [-0.4, -0.2) is 37.5 Å². The van der Waals surface area contributed by atoms with Crippen LogP contribution in [0.15, 0.2) is 30.5 Å². The zero-order valence-corrected chi connectivity index (χ0v) is 11.4. The standard InChI is InChI=1S/C15H19N3O/c1-10-13-5-4-8-18(13)14-7-6-11(9-12(14)16-10)15(19)17(2)3/h6-7,9,13,16H,1,4-5,8H2,2-3H3. The summed E-state index contributed by atoms with van der Waals surface area (Å²) in [7, 11) is 3.54. The molecule has 1 amide bonds. The van der Waals surface area contributed by atoms with Crippen LogP contribution in [0, 0.1) is 0 Å². The molecule has 4 nitrogen and oxygen atoms in total. The molecule has 1 aromatic carbocycles. The van der Waals surface area contributed by atoms with Gasteiger partial charge in [-0.3, -0.25) is 4.79 Å². The van der Waals surface area contributed by atoms with E-state index in [9.17, 15) is 4.79 Å². The molecule has 4 heteroatoms. The van der Waals surface area contributed by atoms with Crippen LogP contribution in [0.3, 0.4) is 0 Å². The molecule has 1 fully saturated rings. The molecule has 0 spiro atoms. The SMILES string of the molecule is C=C1Nc2cc(C(=O)N(C)C)ccc2N2CCCC12. The number of nitrogens with one attached hydrogen (secondary N) is 1. The molecule has 2 aliphatic heterocycles. The molecule has 1 unspecified atom stereocenters. The monoisotopic (exact) mass is 257 g/mol. The number of carbonyl (C=O) groups excluding carboxylic acids is 1. The molecule has 0 saturated carbocycles. The van der Waals surface area contributed by atoms with Gasteiger partial charge in [-0.05, 0) is 31.0 Å². The Morgan fingerprint density at radius 1 is 1.47 bits per heavy atom. The van der Waals surface area contributed by atoms with Crippen molar-refractivity contribution in [2.45, 2.75) is 18.9 Å². The molecule has 1 saturated heterocycles. The van der Waals surface area contributed by atoms with Gasteiger partial charge in [0.05, 0.1) is 17.4 Å². The maximum absolute atomic E-state index is 12.0. The summed E-state index contributed by atoms with van der Waals surface area (Å²) in [6, 6.07) is 6.29. The third kappa shape index (κ3) is 1.87. The average Bonchev–Trinajstić information content (AvgIpc) is 2.87. The first kappa shape index (κ1) is 12.1. The topological polar surface area (TPSA) is 35.6 Å². The lowest BCUT2D eigenvalue weighted by atomic mass is 10.0. The van der Waals surface area contributed by atoms with Crippen molar-refractivity contribution in [3.05, 3.63) is 36.0 Å². The van der Waals surface area contributed by atoms with E-state index in [-0.39, 0.29) is 5.91 Å². The Morgan fingerprint density at radius 3 is 3.00 bits per heavy atom. The van der Waals surface area contributed by atoms with Crippen LogP contribution in [0.4, 0.5) is 11.4 Å². The van der Waals surface area contributed by atoms with Crippen molar-refractivity contribution < 1.29 is 4.79 Å². The number of nitrogens with zero attached hydrogens (tertiary/aromatic N) is 2. The fourth-order valence-corrected chi connectivity index (χ4v) is 2.95. The first-order chi connectivity index (χ1) is 9.08. The molecule has 0 bridgehead atoms. The van der Waals surface area contributed by atoms with Gasteiger partial charge in [0.1, 0.15) is 0 Å². The molecule has 19 heavy (non-hydrogen) atoms. The van der Waals surface area contributed by atoms with Gasteiger partial charge in [0.2, 0.25) is 0 Å². The summed E-state index contributed by atoms with van der Waals surface area (Å²) >= 11 is 0. The Bertz CT molecular complexity index is 550. The molecule has 1 atom stereocenters. The van der Waals surface area contributed by atoms with Crippen molar-refractivity contribution in [2.24, 2.45) is 0 Å². The average molecular weight is 257 g/mol. The van der Waals surface area contributed by atoms with Crippen LogP contribution in [-0.2, 0) is 0 Å². The molecule has 100 valence electrons. The van der Waals surface area contributed by atoms with Gasteiger partial charge < -0.3 is 15.1 Å². The minimum absolute atomic E-state index is 0.0266. The predicted octanol–water partition coefficient (Wildman–Crippen LogP) is 2.30. The Hall–Kier alpha value is -1.97. The zero-order chi connectivity index (χ0) is 13.6. The van der Waals surface area contributed by atoms with Crippen molar-refractivity contribution in [3.8, 4) is 0 Å². The van der Waals surface area contributed by atoms with E-state index in [0.29, 0.717) is 11.6 Å². The highest BCUT2D eigenvalue weighted by Gasteiger charge is 2.32. The quantitative estimate of drug-likeness (QED) is 0.838. The number of fused-ring (bicyclic) bond motifs is 3. The molecule has 3 rings (SSSR count). The number of hydrogen-bond acceptors (Lipinski definition) is 3. The Balaban J connectivity index is 2.00. The van der Waals surface area contributed by atoms with Crippen LogP contribution >= 0.6 is 0 Å². The van der Waals surface area contributed by atoms with Gasteiger partial charge in [-0.2, -0.15) is 0 Å². The van der Waals surface area contributed by atoms with Crippen molar-refractivity contribution in [1.29, 1.82) is 0 Å². The molecule has 1 N–H and O–H groups in total. The lowest BCUT2D eigenvalue weighted by Gasteiger charge is -2.36. The molecule has 2 heterocycles. The highest BCUT2D eigenvalue weighted by atomic mass is 16.2. The van der Waals surface area contributed by atoms with Crippen LogP contribution < -0.4 is 10.2 Å². The lowest BCUT2D eigenvalue weighted by molar-refractivity contribution is 0.0827. The second-order valence-electron chi connectivity index (χ2n) is 5.43. The Kier molecular flexibility index (Phi) is 2.73. The molecule has 0 aliphatic carbocycles. The number of amides is 1. The third-order valence-electron chi connectivity index (χ3n) is 3.91. The van der Waals surface area contributed by atoms with E-state index in [1.807, 2.05) is 18.2 Å². The van der Waals surface area contributed by atoms with E-state index in [2.05, 4.69) is 16.8 Å². The third-order valence-corrected chi connectivity index (χ3v) is 3.91. The summed E-state index contributed by atoms with van der Waals surface area (Å²) in [5, 5.41) is 3.36. The fourth-order valence-electron chi connectivity index (χ4n) is 2.95. The number of anilines is 2. The first-order valence-electron chi connectivity index (χ1n) is 6.66. The minimum atomic E-state index is 0.0266. The van der Waals surface area contributed by atoms with Gasteiger partial charge in [0.15, 0.2) is 0 Å². The van der Waals surface area contributed by atoms with E-state index in [0.717, 1.165) is 24.4 Å². The van der Waals surface area contributed by atoms with Gasteiger partial charge in [0.25, 0.3) is 5.91 Å². The van der Waals surface area contributed by atoms with E-state index < -0.39 is 0 Å². The summed E-state index contributed by atoms with van der Waals surface area (Å²) in [6.07, 6.45) is 2.35. The van der Waals surface area contributed by atoms with E-state index >= 15 is 0 Å². The summed E-state index contributed by atoms with van der Waals surface area (Å²) < 4.78 is 0. The number of benzene rings is 1. The minimum Gasteiger partial charge on any atom is -0.361 e. The van der Waals surface area contributed by atoms with Gasteiger partial charge >= 0.3 is 0 Å². The smallest absolute Gasteiger partial charge is 0.253 e. The summed E-state index contributed by atoms with van der Waals surface area (Å²) in [6.45, 7) is 5.19. The van der Waals surface area contributed by atoms with Crippen LogP contribution in [0.5, 0.6) is 0 Å². The first-order valence-corrected chi connectivity index (χ1v) is 6.66. The fraction of sp³-hybridized carbons (Fsp3) is 0.400. The number of rotatable bonds is 1. The molecule has 0 radical (unpaired) electrons. The van der Waals surface area contributed by atoms with Crippen molar-refractivity contribution >= 4 is 17.3 Å². The molecular formula is C15H19N3O. The van der Waals surface area contributed by atoms with Crippen LogP contribution in [0.2, 0.25) is 0 Å². The molecule has 1 aromatic rings. The normalized spacial score (nSPS) is 20.6. The van der Waals surface area contributed by atoms with Gasteiger partial charge in [-0.15, -0.1) is 0 Å². The zero-order valence-electron chi connectivity index (χ0n) is 11.4.